The molecule has 2 rings (SSSR count). The molecule has 1 fully saturated rings. The second-order valence-electron chi connectivity index (χ2n) is 5.63. The number of carboxylic acids is 1. The number of rotatable bonds is 4. The first-order valence-electron chi connectivity index (χ1n) is 6.89. The second-order valence-corrected chi connectivity index (χ2v) is 5.63. The lowest BCUT2D eigenvalue weighted by Gasteiger charge is -2.22. The van der Waals surface area contributed by atoms with E-state index >= 15 is 0 Å². The average Bonchev–Trinajstić information content (AvgIpc) is 2.68. The molecule has 0 aliphatic carbocycles. The van der Waals surface area contributed by atoms with Crippen molar-refractivity contribution in [1.82, 2.24) is 4.90 Å². The van der Waals surface area contributed by atoms with Crippen LogP contribution in [0.5, 0.6) is 0 Å². The number of carboxylic acid groups (broad SMARTS) is 1. The Kier molecular flexibility index (Phi) is 4.55. The van der Waals surface area contributed by atoms with Gasteiger partial charge in [-0.3, -0.25) is 4.90 Å². The van der Waals surface area contributed by atoms with Crippen molar-refractivity contribution in [1.29, 1.82) is 0 Å². The van der Waals surface area contributed by atoms with Crippen LogP contribution in [0.25, 0.3) is 6.08 Å². The third kappa shape index (κ3) is 3.67. The third-order valence-corrected chi connectivity index (χ3v) is 3.80. The quantitative estimate of drug-likeness (QED) is 0.859. The fraction of sp³-hybridized carbons (Fsp3) is 0.438. The molecule has 1 N–H and O–H groups in total. The molecule has 1 aliphatic heterocycles. The van der Waals surface area contributed by atoms with Crippen LogP contribution < -0.4 is 0 Å². The number of benzene rings is 1. The summed E-state index contributed by atoms with van der Waals surface area (Å²) in [6, 6.07) is 5.06. The Balaban J connectivity index is 2.20. The minimum atomic E-state index is -1.02. The summed E-state index contributed by atoms with van der Waals surface area (Å²) in [4.78, 5) is 13.0. The first kappa shape index (κ1) is 14.7. The van der Waals surface area contributed by atoms with Crippen LogP contribution >= 0.6 is 0 Å². The SMILES string of the molecule is CC1CC(C)N(Cc2ccc(F)cc2/C=C/C(=O)O)C1. The van der Waals surface area contributed by atoms with Crippen LogP contribution in [-0.4, -0.2) is 28.6 Å². The summed E-state index contributed by atoms with van der Waals surface area (Å²) in [7, 11) is 0. The summed E-state index contributed by atoms with van der Waals surface area (Å²) in [6.45, 7) is 6.18. The van der Waals surface area contributed by atoms with E-state index in [1.54, 1.807) is 6.07 Å². The number of hydrogen-bond acceptors (Lipinski definition) is 2. The monoisotopic (exact) mass is 277 g/mol. The van der Waals surface area contributed by atoms with Gasteiger partial charge < -0.3 is 5.11 Å². The van der Waals surface area contributed by atoms with Crippen LogP contribution in [0.3, 0.4) is 0 Å². The van der Waals surface area contributed by atoms with Gasteiger partial charge in [-0.15, -0.1) is 0 Å². The van der Waals surface area contributed by atoms with E-state index in [0.717, 1.165) is 24.7 Å². The Morgan fingerprint density at radius 1 is 1.50 bits per heavy atom. The Morgan fingerprint density at radius 2 is 2.25 bits per heavy atom. The lowest BCUT2D eigenvalue weighted by Crippen LogP contribution is -2.26. The Bertz CT molecular complexity index is 527. The smallest absolute Gasteiger partial charge is 0.328 e. The lowest BCUT2D eigenvalue weighted by molar-refractivity contribution is -0.131. The topological polar surface area (TPSA) is 40.5 Å². The van der Waals surface area contributed by atoms with E-state index in [2.05, 4.69) is 18.7 Å². The van der Waals surface area contributed by atoms with Crippen molar-refractivity contribution in [2.75, 3.05) is 6.54 Å². The number of aliphatic carboxylic acids is 1. The zero-order valence-electron chi connectivity index (χ0n) is 11.8. The summed E-state index contributed by atoms with van der Waals surface area (Å²) >= 11 is 0. The van der Waals surface area contributed by atoms with Gasteiger partial charge >= 0.3 is 5.97 Å². The van der Waals surface area contributed by atoms with Gasteiger partial charge in [0.15, 0.2) is 0 Å². The van der Waals surface area contributed by atoms with Gasteiger partial charge in [0.1, 0.15) is 5.82 Å². The molecule has 1 saturated heterocycles. The first-order chi connectivity index (χ1) is 9.45. The number of halogens is 1. The van der Waals surface area contributed by atoms with Crippen LogP contribution in [0.1, 0.15) is 31.4 Å². The molecular weight excluding hydrogens is 257 g/mol. The molecule has 20 heavy (non-hydrogen) atoms. The maximum Gasteiger partial charge on any atom is 0.328 e. The number of carbonyl (C=O) groups is 1. The molecule has 0 amide bonds. The van der Waals surface area contributed by atoms with Gasteiger partial charge in [-0.2, -0.15) is 0 Å². The largest absolute Gasteiger partial charge is 0.478 e. The minimum Gasteiger partial charge on any atom is -0.478 e. The molecule has 1 heterocycles. The van der Waals surface area contributed by atoms with Crippen LogP contribution in [0.4, 0.5) is 4.39 Å². The summed E-state index contributed by atoms with van der Waals surface area (Å²) in [5.41, 5.74) is 1.60. The van der Waals surface area contributed by atoms with Gasteiger partial charge in [-0.25, -0.2) is 9.18 Å². The highest BCUT2D eigenvalue weighted by atomic mass is 19.1. The van der Waals surface area contributed by atoms with Crippen molar-refractivity contribution >= 4 is 12.0 Å². The fourth-order valence-corrected chi connectivity index (χ4v) is 2.85. The number of likely N-dealkylation sites (tertiary alicyclic amines) is 1. The molecule has 0 saturated carbocycles. The van der Waals surface area contributed by atoms with Crippen molar-refractivity contribution in [3.63, 3.8) is 0 Å². The Hall–Kier alpha value is -1.68. The highest BCUT2D eigenvalue weighted by molar-refractivity contribution is 5.85. The zero-order valence-corrected chi connectivity index (χ0v) is 11.8. The molecule has 1 aliphatic rings. The predicted molar refractivity (Wildman–Crippen MR) is 76.7 cm³/mol. The Labute approximate surface area is 118 Å². The van der Waals surface area contributed by atoms with E-state index in [1.807, 2.05) is 0 Å². The molecule has 3 nitrogen and oxygen atoms in total. The summed E-state index contributed by atoms with van der Waals surface area (Å²) in [6.07, 6.45) is 3.68. The average molecular weight is 277 g/mol. The molecule has 108 valence electrons. The zero-order chi connectivity index (χ0) is 14.7. The summed E-state index contributed by atoms with van der Waals surface area (Å²) in [5.74, 6) is -0.700. The maximum absolute atomic E-state index is 13.3. The van der Waals surface area contributed by atoms with Gasteiger partial charge in [-0.05, 0) is 48.6 Å². The first-order valence-corrected chi connectivity index (χ1v) is 6.89. The van der Waals surface area contributed by atoms with Gasteiger partial charge in [0.05, 0.1) is 0 Å². The number of hydrogen-bond donors (Lipinski definition) is 1. The normalized spacial score (nSPS) is 23.6. The van der Waals surface area contributed by atoms with Crippen molar-refractivity contribution < 1.29 is 14.3 Å². The van der Waals surface area contributed by atoms with E-state index < -0.39 is 5.97 Å². The number of nitrogens with zero attached hydrogens (tertiary/aromatic N) is 1. The van der Waals surface area contributed by atoms with E-state index in [-0.39, 0.29) is 5.82 Å². The molecule has 0 radical (unpaired) electrons. The molecule has 0 bridgehead atoms. The van der Waals surface area contributed by atoms with Crippen LogP contribution in [0.2, 0.25) is 0 Å². The molecule has 0 spiro atoms. The highest BCUT2D eigenvalue weighted by Crippen LogP contribution is 2.25. The lowest BCUT2D eigenvalue weighted by atomic mass is 10.1. The van der Waals surface area contributed by atoms with Gasteiger partial charge in [0, 0.05) is 25.2 Å². The van der Waals surface area contributed by atoms with Crippen molar-refractivity contribution in [3.05, 3.63) is 41.2 Å². The van der Waals surface area contributed by atoms with Gasteiger partial charge in [0.2, 0.25) is 0 Å². The van der Waals surface area contributed by atoms with Crippen LogP contribution in [-0.2, 0) is 11.3 Å². The summed E-state index contributed by atoms with van der Waals surface area (Å²) < 4.78 is 13.3. The molecular formula is C16H20FNO2. The molecule has 0 aromatic heterocycles. The van der Waals surface area contributed by atoms with Gasteiger partial charge in [0.25, 0.3) is 0 Å². The van der Waals surface area contributed by atoms with Crippen molar-refractivity contribution in [2.45, 2.75) is 32.9 Å². The third-order valence-electron chi connectivity index (χ3n) is 3.80. The molecule has 1 aromatic rings. The molecule has 4 heteroatoms. The van der Waals surface area contributed by atoms with Gasteiger partial charge in [-0.1, -0.05) is 13.0 Å². The summed E-state index contributed by atoms with van der Waals surface area (Å²) in [5, 5.41) is 8.71. The Morgan fingerprint density at radius 3 is 2.85 bits per heavy atom. The molecule has 2 unspecified atom stereocenters. The minimum absolute atomic E-state index is 0.346. The van der Waals surface area contributed by atoms with Crippen LogP contribution in [0.15, 0.2) is 24.3 Å². The predicted octanol–water partition coefficient (Wildman–Crippen LogP) is 3.15. The van der Waals surface area contributed by atoms with E-state index in [9.17, 15) is 9.18 Å². The highest BCUT2D eigenvalue weighted by Gasteiger charge is 2.26. The second kappa shape index (κ2) is 6.18. The van der Waals surface area contributed by atoms with Crippen molar-refractivity contribution in [3.8, 4) is 0 Å². The molecule has 1 aromatic carbocycles. The van der Waals surface area contributed by atoms with E-state index in [0.29, 0.717) is 17.5 Å². The fourth-order valence-electron chi connectivity index (χ4n) is 2.85. The molecule has 2 atom stereocenters. The maximum atomic E-state index is 13.3. The van der Waals surface area contributed by atoms with Crippen molar-refractivity contribution in [2.24, 2.45) is 5.92 Å². The standard InChI is InChI=1S/C16H20FNO2/c1-11-7-12(2)18(9-11)10-14-3-5-15(17)8-13(14)4-6-16(19)20/h3-6,8,11-12H,7,9-10H2,1-2H3,(H,19,20)/b6-4+. The van der Waals surface area contributed by atoms with E-state index in [1.165, 1.54) is 24.6 Å². The van der Waals surface area contributed by atoms with Crippen LogP contribution in [0, 0.1) is 11.7 Å². The van der Waals surface area contributed by atoms with E-state index in [4.69, 9.17) is 5.11 Å².